The molecule has 1 N–H and O–H groups in total. The number of carbonyl (C=O) groups is 1. The number of likely N-dealkylation sites (tertiary alicyclic amines) is 1. The Labute approximate surface area is 131 Å². The van der Waals surface area contributed by atoms with Gasteiger partial charge in [0.05, 0.1) is 12.6 Å². The van der Waals surface area contributed by atoms with E-state index in [4.69, 9.17) is 4.52 Å². The quantitative estimate of drug-likeness (QED) is 0.810. The minimum absolute atomic E-state index is 0.130. The molecule has 1 fully saturated rings. The highest BCUT2D eigenvalue weighted by Gasteiger charge is 2.21. The zero-order valence-electron chi connectivity index (χ0n) is 13.4. The summed E-state index contributed by atoms with van der Waals surface area (Å²) in [4.78, 5) is 16.3. The molecule has 0 saturated carbocycles. The second kappa shape index (κ2) is 7.56. The molecule has 1 amide bonds. The molecular weight excluding hydrogens is 282 g/mol. The van der Waals surface area contributed by atoms with Crippen molar-refractivity contribution in [2.75, 3.05) is 26.2 Å². The van der Waals surface area contributed by atoms with Gasteiger partial charge in [-0.2, -0.15) is 0 Å². The molecule has 0 spiro atoms. The Morgan fingerprint density at radius 1 is 1.55 bits per heavy atom. The first-order chi connectivity index (χ1) is 10.5. The van der Waals surface area contributed by atoms with E-state index in [1.807, 2.05) is 13.8 Å². The number of rotatable bonds is 6. The molecule has 22 heavy (non-hydrogen) atoms. The minimum Gasteiger partial charge on any atom is -0.393 e. The molecule has 0 bridgehead atoms. The summed E-state index contributed by atoms with van der Waals surface area (Å²) < 4.78 is 5.29. The fourth-order valence-corrected chi connectivity index (χ4v) is 2.60. The van der Waals surface area contributed by atoms with Crippen LogP contribution in [-0.2, 0) is 6.54 Å². The number of piperidine rings is 1. The molecule has 2 heterocycles. The SMILES string of the molecule is C=C(C)CN(CC)C(=O)c1cc(CN2CCC(O)CC2)on1. The van der Waals surface area contributed by atoms with Crippen LogP contribution in [0.1, 0.15) is 42.9 Å². The number of aliphatic hydroxyl groups excluding tert-OH is 1. The van der Waals surface area contributed by atoms with Crippen molar-refractivity contribution in [1.82, 2.24) is 15.0 Å². The van der Waals surface area contributed by atoms with Gasteiger partial charge in [-0.25, -0.2) is 0 Å². The highest BCUT2D eigenvalue weighted by Crippen LogP contribution is 2.15. The van der Waals surface area contributed by atoms with Crippen LogP contribution >= 0.6 is 0 Å². The van der Waals surface area contributed by atoms with Crippen molar-refractivity contribution < 1.29 is 14.4 Å². The van der Waals surface area contributed by atoms with Gasteiger partial charge in [0.1, 0.15) is 0 Å². The van der Waals surface area contributed by atoms with Gasteiger partial charge in [0.15, 0.2) is 11.5 Å². The average Bonchev–Trinajstić information content (AvgIpc) is 2.95. The van der Waals surface area contributed by atoms with E-state index in [0.29, 0.717) is 31.1 Å². The zero-order valence-corrected chi connectivity index (χ0v) is 13.4. The number of hydrogen-bond donors (Lipinski definition) is 1. The predicted molar refractivity (Wildman–Crippen MR) is 83.4 cm³/mol. The van der Waals surface area contributed by atoms with Crippen molar-refractivity contribution in [1.29, 1.82) is 0 Å². The number of likely N-dealkylation sites (N-methyl/N-ethyl adjacent to an activating group) is 1. The highest BCUT2D eigenvalue weighted by molar-refractivity contribution is 5.92. The number of carbonyl (C=O) groups excluding carboxylic acids is 1. The molecule has 1 aromatic rings. The smallest absolute Gasteiger partial charge is 0.276 e. The van der Waals surface area contributed by atoms with Crippen LogP contribution in [0.3, 0.4) is 0 Å². The van der Waals surface area contributed by atoms with Gasteiger partial charge in [-0.1, -0.05) is 17.3 Å². The van der Waals surface area contributed by atoms with Gasteiger partial charge in [0, 0.05) is 32.2 Å². The molecule has 0 aliphatic carbocycles. The van der Waals surface area contributed by atoms with Crippen LogP contribution in [0, 0.1) is 0 Å². The first kappa shape index (κ1) is 16.7. The number of nitrogens with zero attached hydrogens (tertiary/aromatic N) is 3. The van der Waals surface area contributed by atoms with E-state index in [0.717, 1.165) is 31.5 Å². The Hall–Kier alpha value is -1.66. The maximum atomic E-state index is 12.4. The van der Waals surface area contributed by atoms with Gasteiger partial charge in [0.25, 0.3) is 5.91 Å². The number of amides is 1. The van der Waals surface area contributed by atoms with Crippen LogP contribution in [-0.4, -0.2) is 58.3 Å². The van der Waals surface area contributed by atoms with E-state index in [9.17, 15) is 9.90 Å². The van der Waals surface area contributed by atoms with Crippen molar-refractivity contribution in [3.63, 3.8) is 0 Å². The Morgan fingerprint density at radius 3 is 2.82 bits per heavy atom. The maximum Gasteiger partial charge on any atom is 0.276 e. The molecular formula is C16H25N3O3. The minimum atomic E-state index is -0.191. The summed E-state index contributed by atoms with van der Waals surface area (Å²) in [6.07, 6.45) is 1.37. The largest absolute Gasteiger partial charge is 0.393 e. The van der Waals surface area contributed by atoms with Gasteiger partial charge in [0.2, 0.25) is 0 Å². The lowest BCUT2D eigenvalue weighted by Crippen LogP contribution is -2.35. The Kier molecular flexibility index (Phi) is 5.74. The number of hydrogen-bond acceptors (Lipinski definition) is 5. The topological polar surface area (TPSA) is 69.8 Å². The van der Waals surface area contributed by atoms with E-state index >= 15 is 0 Å². The molecule has 122 valence electrons. The lowest BCUT2D eigenvalue weighted by Gasteiger charge is -2.28. The molecule has 6 nitrogen and oxygen atoms in total. The summed E-state index contributed by atoms with van der Waals surface area (Å²) in [5.41, 5.74) is 1.28. The molecule has 1 aliphatic rings. The molecule has 0 atom stereocenters. The van der Waals surface area contributed by atoms with Crippen molar-refractivity contribution in [3.05, 3.63) is 29.7 Å². The fraction of sp³-hybridized carbons (Fsp3) is 0.625. The standard InChI is InChI=1S/C16H25N3O3/c1-4-19(10-12(2)3)16(21)15-9-14(22-17-15)11-18-7-5-13(20)6-8-18/h9,13,20H,2,4-8,10-11H2,1,3H3. The second-order valence-corrected chi connectivity index (χ2v) is 5.96. The van der Waals surface area contributed by atoms with Crippen LogP contribution in [0.25, 0.3) is 0 Å². The van der Waals surface area contributed by atoms with Crippen molar-refractivity contribution >= 4 is 5.91 Å². The highest BCUT2D eigenvalue weighted by atomic mass is 16.5. The van der Waals surface area contributed by atoms with E-state index in [1.165, 1.54) is 0 Å². The molecule has 6 heteroatoms. The molecule has 0 unspecified atom stereocenters. The third-order valence-corrected chi connectivity index (χ3v) is 3.84. The van der Waals surface area contributed by atoms with Gasteiger partial charge >= 0.3 is 0 Å². The molecule has 1 aliphatic heterocycles. The monoisotopic (exact) mass is 307 g/mol. The van der Waals surface area contributed by atoms with Crippen LogP contribution in [0.2, 0.25) is 0 Å². The summed E-state index contributed by atoms with van der Waals surface area (Å²) in [7, 11) is 0. The zero-order chi connectivity index (χ0) is 16.1. The van der Waals surface area contributed by atoms with Gasteiger partial charge in [-0.15, -0.1) is 0 Å². The molecule has 2 rings (SSSR count). The molecule has 1 aromatic heterocycles. The summed E-state index contributed by atoms with van der Waals surface area (Å²) in [5.74, 6) is 0.556. The Morgan fingerprint density at radius 2 is 2.23 bits per heavy atom. The summed E-state index contributed by atoms with van der Waals surface area (Å²) in [6, 6.07) is 1.72. The van der Waals surface area contributed by atoms with Gasteiger partial charge in [-0.3, -0.25) is 9.69 Å². The second-order valence-electron chi connectivity index (χ2n) is 5.96. The van der Waals surface area contributed by atoms with Gasteiger partial charge in [-0.05, 0) is 26.7 Å². The molecule has 0 radical (unpaired) electrons. The third-order valence-electron chi connectivity index (χ3n) is 3.84. The first-order valence-electron chi connectivity index (χ1n) is 7.79. The maximum absolute atomic E-state index is 12.4. The lowest BCUT2D eigenvalue weighted by molar-refractivity contribution is 0.0742. The Bertz CT molecular complexity index is 518. The normalized spacial score (nSPS) is 16.7. The van der Waals surface area contributed by atoms with Crippen LogP contribution < -0.4 is 0 Å². The van der Waals surface area contributed by atoms with E-state index in [-0.39, 0.29) is 12.0 Å². The molecule has 1 saturated heterocycles. The first-order valence-corrected chi connectivity index (χ1v) is 7.79. The third kappa shape index (κ3) is 4.42. The average molecular weight is 307 g/mol. The lowest BCUT2D eigenvalue weighted by atomic mass is 10.1. The van der Waals surface area contributed by atoms with E-state index in [2.05, 4.69) is 16.6 Å². The van der Waals surface area contributed by atoms with Crippen molar-refractivity contribution in [3.8, 4) is 0 Å². The fourth-order valence-electron chi connectivity index (χ4n) is 2.60. The predicted octanol–water partition coefficient (Wildman–Crippen LogP) is 1.67. The van der Waals surface area contributed by atoms with Crippen molar-refractivity contribution in [2.24, 2.45) is 0 Å². The number of aromatic nitrogens is 1. The molecule has 0 aromatic carbocycles. The van der Waals surface area contributed by atoms with Gasteiger partial charge < -0.3 is 14.5 Å². The summed E-state index contributed by atoms with van der Waals surface area (Å²) >= 11 is 0. The summed E-state index contributed by atoms with van der Waals surface area (Å²) in [5, 5.41) is 13.4. The van der Waals surface area contributed by atoms with Crippen LogP contribution in [0.4, 0.5) is 0 Å². The summed E-state index contributed by atoms with van der Waals surface area (Å²) in [6.45, 7) is 11.1. The number of aliphatic hydroxyl groups is 1. The van der Waals surface area contributed by atoms with Crippen LogP contribution in [0.5, 0.6) is 0 Å². The van der Waals surface area contributed by atoms with Crippen LogP contribution in [0.15, 0.2) is 22.7 Å². The van der Waals surface area contributed by atoms with Crippen molar-refractivity contribution in [2.45, 2.75) is 39.3 Å². The Balaban J connectivity index is 1.95. The van der Waals surface area contributed by atoms with E-state index < -0.39 is 0 Å². The van der Waals surface area contributed by atoms with E-state index in [1.54, 1.807) is 11.0 Å².